The number of aromatic nitrogens is 4. The van der Waals surface area contributed by atoms with Crippen LogP contribution < -0.4 is 4.74 Å². The first-order valence-electron chi connectivity index (χ1n) is 8.24. The monoisotopic (exact) mass is 350 g/mol. The summed E-state index contributed by atoms with van der Waals surface area (Å²) in [6.07, 6.45) is 2.43. The summed E-state index contributed by atoms with van der Waals surface area (Å²) in [5.41, 5.74) is 3.85. The summed E-state index contributed by atoms with van der Waals surface area (Å²) in [6, 6.07) is 13.9. The molecule has 5 nitrogen and oxygen atoms in total. The molecular weight excluding hydrogens is 336 g/mol. The molecule has 6 heteroatoms. The molecule has 0 N–H and O–H groups in total. The maximum atomic E-state index is 6.41. The molecule has 2 heterocycles. The topological polar surface area (TPSA) is 52.3 Å². The van der Waals surface area contributed by atoms with Gasteiger partial charge in [0.15, 0.2) is 11.5 Å². The molecule has 4 aromatic rings. The average Bonchev–Trinajstić information content (AvgIpc) is 3.39. The van der Waals surface area contributed by atoms with Crippen molar-refractivity contribution in [1.82, 2.24) is 19.6 Å². The molecule has 5 rings (SSSR count). The van der Waals surface area contributed by atoms with Crippen molar-refractivity contribution in [2.24, 2.45) is 0 Å². The van der Waals surface area contributed by atoms with Crippen LogP contribution in [-0.2, 0) is 0 Å². The first-order valence-corrected chi connectivity index (χ1v) is 8.62. The van der Waals surface area contributed by atoms with E-state index in [-0.39, 0.29) is 0 Å². The number of para-hydroxylation sites is 1. The van der Waals surface area contributed by atoms with E-state index >= 15 is 0 Å². The number of halogens is 1. The zero-order valence-electron chi connectivity index (χ0n) is 13.6. The maximum Gasteiger partial charge on any atom is 0.226 e. The molecule has 1 saturated carbocycles. The van der Waals surface area contributed by atoms with Gasteiger partial charge in [0.25, 0.3) is 0 Å². The molecule has 0 saturated heterocycles. The van der Waals surface area contributed by atoms with Crippen molar-refractivity contribution in [3.8, 4) is 17.1 Å². The molecule has 0 atom stereocenters. The Labute approximate surface area is 149 Å². The molecule has 0 aliphatic heterocycles. The van der Waals surface area contributed by atoms with Gasteiger partial charge in [-0.05, 0) is 66.3 Å². The van der Waals surface area contributed by atoms with Gasteiger partial charge in [0.2, 0.25) is 5.28 Å². The van der Waals surface area contributed by atoms with Crippen LogP contribution in [0.2, 0.25) is 5.28 Å². The molecule has 2 aromatic heterocycles. The summed E-state index contributed by atoms with van der Waals surface area (Å²) in [4.78, 5) is 9.34. The summed E-state index contributed by atoms with van der Waals surface area (Å²) in [6.45, 7) is 0. The van der Waals surface area contributed by atoms with Crippen LogP contribution in [0.15, 0.2) is 42.5 Å². The van der Waals surface area contributed by atoms with Crippen LogP contribution in [0, 0.1) is 0 Å². The van der Waals surface area contributed by atoms with E-state index in [1.54, 1.807) is 11.6 Å². The van der Waals surface area contributed by atoms with Gasteiger partial charge in [-0.15, -0.1) is 5.10 Å². The normalized spacial score (nSPS) is 14.3. The second kappa shape index (κ2) is 5.43. The smallest absolute Gasteiger partial charge is 0.226 e. The summed E-state index contributed by atoms with van der Waals surface area (Å²) >= 11 is 6.41. The Hall–Kier alpha value is -2.66. The zero-order chi connectivity index (χ0) is 17.0. The number of hydrogen-bond acceptors (Lipinski definition) is 4. The third-order valence-corrected chi connectivity index (χ3v) is 4.90. The third-order valence-electron chi connectivity index (χ3n) is 4.66. The summed E-state index contributed by atoms with van der Waals surface area (Å²) < 4.78 is 6.82. The highest BCUT2D eigenvalue weighted by molar-refractivity contribution is 6.29. The third kappa shape index (κ3) is 2.35. The predicted molar refractivity (Wildman–Crippen MR) is 97.3 cm³/mol. The van der Waals surface area contributed by atoms with Crippen LogP contribution in [0.5, 0.6) is 5.75 Å². The lowest BCUT2D eigenvalue weighted by Gasteiger charge is -2.05. The molecule has 0 amide bonds. The number of fused-ring (bicyclic) bond motifs is 3. The van der Waals surface area contributed by atoms with Crippen molar-refractivity contribution in [2.75, 3.05) is 7.11 Å². The highest BCUT2D eigenvalue weighted by atomic mass is 35.5. The van der Waals surface area contributed by atoms with E-state index < -0.39 is 0 Å². The summed E-state index contributed by atoms with van der Waals surface area (Å²) in [5, 5.41) is 5.87. The fourth-order valence-corrected chi connectivity index (χ4v) is 3.41. The van der Waals surface area contributed by atoms with Gasteiger partial charge >= 0.3 is 0 Å². The zero-order valence-corrected chi connectivity index (χ0v) is 14.4. The van der Waals surface area contributed by atoms with Gasteiger partial charge < -0.3 is 4.74 Å². The highest BCUT2D eigenvalue weighted by Crippen LogP contribution is 2.43. The van der Waals surface area contributed by atoms with Gasteiger partial charge in [-0.1, -0.05) is 12.1 Å². The minimum Gasteiger partial charge on any atom is -0.497 e. The Kier molecular flexibility index (Phi) is 3.18. The molecule has 25 heavy (non-hydrogen) atoms. The first kappa shape index (κ1) is 14.7. The fraction of sp³-hybridized carbons (Fsp3) is 0.211. The molecule has 0 bridgehead atoms. The lowest BCUT2D eigenvalue weighted by Crippen LogP contribution is -1.97. The highest BCUT2D eigenvalue weighted by Gasteiger charge is 2.27. The number of ether oxygens (including phenoxy) is 1. The van der Waals surface area contributed by atoms with Gasteiger partial charge in [0, 0.05) is 10.9 Å². The van der Waals surface area contributed by atoms with Gasteiger partial charge in [-0.2, -0.15) is 4.52 Å². The Morgan fingerprint density at radius 1 is 1.08 bits per heavy atom. The Morgan fingerprint density at radius 3 is 2.60 bits per heavy atom. The van der Waals surface area contributed by atoms with Crippen LogP contribution in [0.3, 0.4) is 0 Å². The van der Waals surface area contributed by atoms with E-state index in [2.05, 4.69) is 22.2 Å². The fourth-order valence-electron chi connectivity index (χ4n) is 3.21. The van der Waals surface area contributed by atoms with Crippen LogP contribution in [-0.4, -0.2) is 26.7 Å². The standard InChI is InChI=1S/C19H15ClN4O/c1-25-13-9-7-12(8-10-13)17-22-18-15-4-2-3-14(11-5-6-11)16(15)21-19(20)24(18)23-17/h2-4,7-11H,5-6H2,1H3. The van der Waals surface area contributed by atoms with E-state index in [0.717, 1.165) is 27.9 Å². The number of nitrogens with zero attached hydrogens (tertiary/aromatic N) is 4. The first-order chi connectivity index (χ1) is 12.2. The van der Waals surface area contributed by atoms with Crippen LogP contribution in [0.1, 0.15) is 24.3 Å². The Balaban J connectivity index is 1.74. The van der Waals surface area contributed by atoms with Gasteiger partial charge in [0.1, 0.15) is 5.75 Å². The number of benzene rings is 2. The Bertz CT molecular complexity index is 1100. The van der Waals surface area contributed by atoms with Crippen molar-refractivity contribution in [1.29, 1.82) is 0 Å². The molecule has 0 radical (unpaired) electrons. The molecule has 2 aromatic carbocycles. The number of methoxy groups -OCH3 is 1. The van der Waals surface area contributed by atoms with Crippen molar-refractivity contribution in [3.63, 3.8) is 0 Å². The van der Waals surface area contributed by atoms with Crippen molar-refractivity contribution in [3.05, 3.63) is 53.3 Å². The van der Waals surface area contributed by atoms with Crippen molar-refractivity contribution >= 4 is 28.2 Å². The average molecular weight is 351 g/mol. The summed E-state index contributed by atoms with van der Waals surface area (Å²) in [5.74, 6) is 2.01. The second-order valence-electron chi connectivity index (χ2n) is 6.30. The van der Waals surface area contributed by atoms with E-state index in [1.807, 2.05) is 30.3 Å². The SMILES string of the molecule is COc1ccc(-c2nc3c4cccc(C5CC5)c4nc(Cl)n3n2)cc1. The minimum absolute atomic E-state index is 0.336. The van der Waals surface area contributed by atoms with Crippen molar-refractivity contribution < 1.29 is 4.74 Å². The molecule has 0 unspecified atom stereocenters. The lowest BCUT2D eigenvalue weighted by atomic mass is 10.1. The largest absolute Gasteiger partial charge is 0.497 e. The molecule has 1 fully saturated rings. The molecule has 1 aliphatic rings. The summed E-state index contributed by atoms with van der Waals surface area (Å²) in [7, 11) is 1.65. The van der Waals surface area contributed by atoms with Crippen LogP contribution >= 0.6 is 11.6 Å². The quantitative estimate of drug-likeness (QED) is 0.511. The number of rotatable bonds is 3. The predicted octanol–water partition coefficient (Wildman–Crippen LogP) is 4.48. The van der Waals surface area contributed by atoms with E-state index in [0.29, 0.717) is 17.0 Å². The van der Waals surface area contributed by atoms with E-state index in [1.165, 1.54) is 18.4 Å². The minimum atomic E-state index is 0.336. The maximum absolute atomic E-state index is 6.41. The lowest BCUT2D eigenvalue weighted by molar-refractivity contribution is 0.415. The van der Waals surface area contributed by atoms with Crippen molar-refractivity contribution in [2.45, 2.75) is 18.8 Å². The van der Waals surface area contributed by atoms with E-state index in [4.69, 9.17) is 21.3 Å². The number of hydrogen-bond donors (Lipinski definition) is 0. The van der Waals surface area contributed by atoms with Gasteiger partial charge in [-0.25, -0.2) is 9.97 Å². The molecule has 0 spiro atoms. The molecule has 124 valence electrons. The van der Waals surface area contributed by atoms with E-state index in [9.17, 15) is 0 Å². The van der Waals surface area contributed by atoms with Crippen LogP contribution in [0.25, 0.3) is 27.9 Å². The van der Waals surface area contributed by atoms with Crippen LogP contribution in [0.4, 0.5) is 0 Å². The van der Waals surface area contributed by atoms with Gasteiger partial charge in [-0.3, -0.25) is 0 Å². The molecule has 1 aliphatic carbocycles. The molecular formula is C19H15ClN4O. The van der Waals surface area contributed by atoms with Gasteiger partial charge in [0.05, 0.1) is 12.6 Å². The second-order valence-corrected chi connectivity index (χ2v) is 6.64. The Morgan fingerprint density at radius 2 is 1.88 bits per heavy atom.